The number of carbonyl (C=O) groups is 3. The number of hydrogen-bond acceptors (Lipinski definition) is 6. The smallest absolute Gasteiger partial charge is 0.306 e. The molecule has 63 heavy (non-hydrogen) atoms. The van der Waals surface area contributed by atoms with Crippen molar-refractivity contribution in [2.75, 3.05) is 13.2 Å². The zero-order valence-electron chi connectivity index (χ0n) is 39.8. The zero-order chi connectivity index (χ0) is 45.8. The SMILES string of the molecule is CC/C=C\C/C=C\C/C=C\C/C=C\C/C=C\C/C=C\CCC(=O)OCC(COC(=O)CCCCCCCCC)OC(=O)CC/C=C\C/C=C\C/C=C\C/C=C\C/C=C\C/C=C\CC. The average molecular weight is 867 g/mol. The van der Waals surface area contributed by atoms with Crippen molar-refractivity contribution in [2.45, 2.75) is 181 Å². The van der Waals surface area contributed by atoms with Crippen molar-refractivity contribution in [1.29, 1.82) is 0 Å². The molecule has 350 valence electrons. The van der Waals surface area contributed by atoms with Gasteiger partial charge in [0.05, 0.1) is 0 Å². The van der Waals surface area contributed by atoms with E-state index in [4.69, 9.17) is 14.2 Å². The third kappa shape index (κ3) is 48.2. The molecule has 1 unspecified atom stereocenters. The van der Waals surface area contributed by atoms with Crippen LogP contribution in [0.3, 0.4) is 0 Å². The van der Waals surface area contributed by atoms with Gasteiger partial charge in [-0.2, -0.15) is 0 Å². The highest BCUT2D eigenvalue weighted by Crippen LogP contribution is 2.10. The lowest BCUT2D eigenvalue weighted by atomic mass is 10.1. The molecule has 0 aromatic heterocycles. The number of carbonyl (C=O) groups excluding carboxylic acids is 3. The Labute approximate surface area is 385 Å². The molecule has 0 spiro atoms. The molecule has 0 aromatic carbocycles. The summed E-state index contributed by atoms with van der Waals surface area (Å²) in [6.07, 6.45) is 71.5. The van der Waals surface area contributed by atoms with Crippen LogP contribution in [-0.2, 0) is 28.6 Å². The summed E-state index contributed by atoms with van der Waals surface area (Å²) in [4.78, 5) is 37.7. The van der Waals surface area contributed by atoms with Crippen molar-refractivity contribution >= 4 is 17.9 Å². The molecule has 0 radical (unpaired) electrons. The fourth-order valence-electron chi connectivity index (χ4n) is 5.79. The maximum absolute atomic E-state index is 12.7. The Morgan fingerprint density at radius 3 is 0.968 bits per heavy atom. The standard InChI is InChI=1S/C57H86O6/c1-4-7-10-13-16-18-20-22-24-26-28-30-32-34-36-38-41-44-47-50-56(59)62-53-54(52-61-55(58)49-46-43-40-15-12-9-6-3)63-57(60)51-48-45-42-39-37-35-33-31-29-27-25-23-21-19-17-14-11-8-5-2/h7-8,10-11,16-19,22-25,28-31,34-37,41-42,44-45,54H,4-6,9,12-15,20-21,26-27,32-33,38-40,43,46-53H2,1-3H3/b10-7-,11-8-,18-16-,19-17-,24-22-,25-23-,30-28-,31-29-,36-34-,37-35-,44-41-,45-42-. The van der Waals surface area contributed by atoms with Gasteiger partial charge < -0.3 is 14.2 Å². The van der Waals surface area contributed by atoms with E-state index < -0.39 is 12.1 Å². The maximum atomic E-state index is 12.7. The molecule has 0 aliphatic rings. The van der Waals surface area contributed by atoms with Gasteiger partial charge in [0, 0.05) is 19.3 Å². The van der Waals surface area contributed by atoms with Crippen molar-refractivity contribution in [3.8, 4) is 0 Å². The minimum absolute atomic E-state index is 0.137. The number of ether oxygens (including phenoxy) is 3. The molecule has 0 saturated carbocycles. The summed E-state index contributed by atoms with van der Waals surface area (Å²) in [5, 5.41) is 0. The summed E-state index contributed by atoms with van der Waals surface area (Å²) in [7, 11) is 0. The van der Waals surface area contributed by atoms with Gasteiger partial charge in [-0.1, -0.05) is 205 Å². The first-order valence-corrected chi connectivity index (χ1v) is 24.3. The van der Waals surface area contributed by atoms with Crippen LogP contribution in [-0.4, -0.2) is 37.2 Å². The first-order chi connectivity index (χ1) is 31.0. The van der Waals surface area contributed by atoms with Crippen LogP contribution in [0, 0.1) is 0 Å². The third-order valence-corrected chi connectivity index (χ3v) is 9.37. The van der Waals surface area contributed by atoms with E-state index in [1.165, 1.54) is 25.7 Å². The predicted molar refractivity (Wildman–Crippen MR) is 269 cm³/mol. The van der Waals surface area contributed by atoms with Crippen molar-refractivity contribution in [1.82, 2.24) is 0 Å². The normalized spacial score (nSPS) is 13.4. The number of esters is 3. The van der Waals surface area contributed by atoms with E-state index in [-0.39, 0.29) is 38.0 Å². The van der Waals surface area contributed by atoms with Crippen molar-refractivity contribution in [2.24, 2.45) is 0 Å². The van der Waals surface area contributed by atoms with Gasteiger partial charge in [-0.05, 0) is 96.3 Å². The van der Waals surface area contributed by atoms with Crippen LogP contribution >= 0.6 is 0 Å². The van der Waals surface area contributed by atoms with Crippen LogP contribution in [0.25, 0.3) is 0 Å². The van der Waals surface area contributed by atoms with Gasteiger partial charge in [-0.15, -0.1) is 0 Å². The Kier molecular flexibility index (Phi) is 46.2. The summed E-state index contributed by atoms with van der Waals surface area (Å²) < 4.78 is 16.5. The Morgan fingerprint density at radius 1 is 0.333 bits per heavy atom. The van der Waals surface area contributed by atoms with Gasteiger partial charge >= 0.3 is 17.9 Å². The van der Waals surface area contributed by atoms with E-state index in [1.54, 1.807) is 0 Å². The van der Waals surface area contributed by atoms with Gasteiger partial charge in [0.25, 0.3) is 0 Å². The largest absolute Gasteiger partial charge is 0.462 e. The number of unbranched alkanes of at least 4 members (excludes halogenated alkanes) is 6. The molecule has 0 aliphatic heterocycles. The van der Waals surface area contributed by atoms with E-state index in [9.17, 15) is 14.4 Å². The zero-order valence-corrected chi connectivity index (χ0v) is 39.8. The summed E-state index contributed by atoms with van der Waals surface area (Å²) in [5.41, 5.74) is 0. The molecule has 0 heterocycles. The molecular weight excluding hydrogens is 781 g/mol. The summed E-state index contributed by atoms with van der Waals surface area (Å²) in [6.45, 7) is 6.20. The van der Waals surface area contributed by atoms with Gasteiger partial charge in [0.15, 0.2) is 6.10 Å². The Balaban J connectivity index is 4.56. The second-order valence-electron chi connectivity index (χ2n) is 15.3. The minimum atomic E-state index is -0.851. The molecular formula is C57H86O6. The highest BCUT2D eigenvalue weighted by molar-refractivity contribution is 5.71. The van der Waals surface area contributed by atoms with Crippen molar-refractivity contribution in [3.05, 3.63) is 146 Å². The lowest BCUT2D eigenvalue weighted by Gasteiger charge is -2.18. The molecule has 6 nitrogen and oxygen atoms in total. The molecule has 0 bridgehead atoms. The molecule has 6 heteroatoms. The van der Waals surface area contributed by atoms with Gasteiger partial charge in [-0.3, -0.25) is 14.4 Å². The molecule has 0 amide bonds. The summed E-state index contributed by atoms with van der Waals surface area (Å²) >= 11 is 0. The van der Waals surface area contributed by atoms with Gasteiger partial charge in [0.2, 0.25) is 0 Å². The molecule has 0 N–H and O–H groups in total. The molecule has 0 fully saturated rings. The Morgan fingerprint density at radius 2 is 0.619 bits per heavy atom. The number of hydrogen-bond donors (Lipinski definition) is 0. The third-order valence-electron chi connectivity index (χ3n) is 9.37. The fraction of sp³-hybridized carbons (Fsp3) is 0.526. The monoisotopic (exact) mass is 867 g/mol. The second kappa shape index (κ2) is 49.9. The predicted octanol–water partition coefficient (Wildman–Crippen LogP) is 16.1. The van der Waals surface area contributed by atoms with Gasteiger partial charge in [-0.25, -0.2) is 0 Å². The molecule has 0 saturated heterocycles. The first-order valence-electron chi connectivity index (χ1n) is 24.3. The van der Waals surface area contributed by atoms with E-state index in [0.29, 0.717) is 19.3 Å². The van der Waals surface area contributed by atoms with Crippen LogP contribution in [0.4, 0.5) is 0 Å². The minimum Gasteiger partial charge on any atom is -0.462 e. The van der Waals surface area contributed by atoms with Gasteiger partial charge in [0.1, 0.15) is 13.2 Å². The fourth-order valence-corrected chi connectivity index (χ4v) is 5.79. The highest BCUT2D eigenvalue weighted by Gasteiger charge is 2.19. The lowest BCUT2D eigenvalue weighted by Crippen LogP contribution is -2.30. The van der Waals surface area contributed by atoms with E-state index in [0.717, 1.165) is 96.3 Å². The Hall–Kier alpha value is -4.71. The van der Waals surface area contributed by atoms with Crippen LogP contribution in [0.5, 0.6) is 0 Å². The van der Waals surface area contributed by atoms with Crippen LogP contribution in [0.1, 0.15) is 175 Å². The molecule has 0 aliphatic carbocycles. The molecule has 0 aromatic rings. The summed E-state index contributed by atoms with van der Waals surface area (Å²) in [6, 6.07) is 0. The van der Waals surface area contributed by atoms with Crippen LogP contribution in [0.2, 0.25) is 0 Å². The first kappa shape index (κ1) is 58.3. The quantitative estimate of drug-likeness (QED) is 0.0264. The van der Waals surface area contributed by atoms with E-state index >= 15 is 0 Å². The molecule has 1 atom stereocenters. The number of rotatable bonds is 41. The Bertz CT molecular complexity index is 1460. The second-order valence-corrected chi connectivity index (χ2v) is 15.3. The van der Waals surface area contributed by atoms with E-state index in [1.807, 2.05) is 24.3 Å². The topological polar surface area (TPSA) is 78.9 Å². The van der Waals surface area contributed by atoms with Crippen molar-refractivity contribution in [3.63, 3.8) is 0 Å². The maximum Gasteiger partial charge on any atom is 0.306 e. The van der Waals surface area contributed by atoms with Crippen molar-refractivity contribution < 1.29 is 28.6 Å². The number of allylic oxidation sites excluding steroid dienone is 24. The van der Waals surface area contributed by atoms with E-state index in [2.05, 4.69) is 142 Å². The lowest BCUT2D eigenvalue weighted by molar-refractivity contribution is -0.166. The van der Waals surface area contributed by atoms with Crippen LogP contribution in [0.15, 0.2) is 146 Å². The van der Waals surface area contributed by atoms with Crippen LogP contribution < -0.4 is 0 Å². The highest BCUT2D eigenvalue weighted by atomic mass is 16.6. The summed E-state index contributed by atoms with van der Waals surface area (Å²) in [5.74, 6) is -1.13. The molecule has 0 rings (SSSR count). The average Bonchev–Trinajstić information content (AvgIpc) is 3.28.